The van der Waals surface area contributed by atoms with Crippen molar-refractivity contribution >= 4 is 22.9 Å². The second-order valence-corrected chi connectivity index (χ2v) is 4.06. The number of benzene rings is 1. The first-order chi connectivity index (χ1) is 7.25. The molecule has 76 valence electrons. The molecule has 0 aliphatic heterocycles. The normalized spacial score (nSPS) is 9.93. The minimum Gasteiger partial charge on any atom is -0.320 e. The van der Waals surface area contributed by atoms with Crippen LogP contribution in [0.1, 0.15) is 15.4 Å². The molecule has 1 aromatic carbocycles. The van der Waals surface area contributed by atoms with Crippen molar-refractivity contribution in [3.63, 3.8) is 0 Å². The van der Waals surface area contributed by atoms with Crippen LogP contribution < -0.4 is 5.32 Å². The fourth-order valence-electron chi connectivity index (χ4n) is 1.24. The molecule has 0 radical (unpaired) electrons. The van der Waals surface area contributed by atoms with Crippen molar-refractivity contribution in [2.75, 3.05) is 5.32 Å². The highest BCUT2D eigenvalue weighted by Gasteiger charge is 2.07. The molecule has 0 aliphatic carbocycles. The maximum atomic E-state index is 11.6. The number of rotatable bonds is 2. The van der Waals surface area contributed by atoms with Crippen LogP contribution in [0.25, 0.3) is 0 Å². The van der Waals surface area contributed by atoms with Gasteiger partial charge in [-0.3, -0.25) is 4.79 Å². The first kappa shape index (κ1) is 9.86. The Labute approximate surface area is 91.8 Å². The van der Waals surface area contributed by atoms with Crippen molar-refractivity contribution in [3.05, 3.63) is 46.4 Å². The third kappa shape index (κ3) is 2.41. The number of carbonyl (C=O) groups is 1. The molecule has 1 heterocycles. The first-order valence-electron chi connectivity index (χ1n) is 4.53. The summed E-state index contributed by atoms with van der Waals surface area (Å²) in [5, 5.41) is 5.06. The molecule has 3 nitrogen and oxygen atoms in total. The number of amides is 1. The highest BCUT2D eigenvalue weighted by molar-refractivity contribution is 7.11. The minimum absolute atomic E-state index is 0.157. The standard InChI is InChI=1S/C11H10N2OS/c1-8-3-2-4-9(7-8)13-10(14)11-12-5-6-15-11/h2-7H,1H3,(H,13,14). The maximum Gasteiger partial charge on any atom is 0.284 e. The fraction of sp³-hybridized carbons (Fsp3) is 0.0909. The Bertz CT molecular complexity index is 465. The number of hydrogen-bond donors (Lipinski definition) is 1. The van der Waals surface area contributed by atoms with Crippen molar-refractivity contribution in [2.24, 2.45) is 0 Å². The molecule has 2 rings (SSSR count). The summed E-state index contributed by atoms with van der Waals surface area (Å²) in [6.07, 6.45) is 1.62. The van der Waals surface area contributed by atoms with Gasteiger partial charge < -0.3 is 5.32 Å². The van der Waals surface area contributed by atoms with Crippen LogP contribution in [0.15, 0.2) is 35.8 Å². The van der Waals surface area contributed by atoms with E-state index in [0.717, 1.165) is 11.3 Å². The zero-order chi connectivity index (χ0) is 10.7. The predicted molar refractivity (Wildman–Crippen MR) is 61.2 cm³/mol. The molecule has 0 saturated carbocycles. The summed E-state index contributed by atoms with van der Waals surface area (Å²) in [7, 11) is 0. The molecule has 1 N–H and O–H groups in total. The molecule has 15 heavy (non-hydrogen) atoms. The highest BCUT2D eigenvalue weighted by Crippen LogP contribution is 2.12. The van der Waals surface area contributed by atoms with E-state index in [9.17, 15) is 4.79 Å². The molecule has 0 bridgehead atoms. The molecule has 2 aromatic rings. The minimum atomic E-state index is -0.157. The molecule has 0 fully saturated rings. The number of aromatic nitrogens is 1. The van der Waals surface area contributed by atoms with Gasteiger partial charge in [0.2, 0.25) is 0 Å². The van der Waals surface area contributed by atoms with Gasteiger partial charge in [0.1, 0.15) is 0 Å². The highest BCUT2D eigenvalue weighted by atomic mass is 32.1. The lowest BCUT2D eigenvalue weighted by Gasteiger charge is -2.03. The number of carbonyl (C=O) groups excluding carboxylic acids is 1. The molecule has 0 atom stereocenters. The Kier molecular flexibility index (Phi) is 2.78. The van der Waals surface area contributed by atoms with Crippen LogP contribution in [-0.4, -0.2) is 10.9 Å². The van der Waals surface area contributed by atoms with Gasteiger partial charge in [-0.25, -0.2) is 4.98 Å². The summed E-state index contributed by atoms with van der Waals surface area (Å²) < 4.78 is 0. The number of nitrogens with zero attached hydrogens (tertiary/aromatic N) is 1. The Balaban J connectivity index is 2.13. The third-order valence-corrected chi connectivity index (χ3v) is 2.67. The lowest BCUT2D eigenvalue weighted by Crippen LogP contribution is -2.11. The quantitative estimate of drug-likeness (QED) is 0.842. The second kappa shape index (κ2) is 4.23. The van der Waals surface area contributed by atoms with Crippen LogP contribution in [0.3, 0.4) is 0 Å². The van der Waals surface area contributed by atoms with Crippen molar-refractivity contribution in [1.29, 1.82) is 0 Å². The lowest BCUT2D eigenvalue weighted by molar-refractivity contribution is 0.102. The number of thiazole rings is 1. The Hall–Kier alpha value is -1.68. The van der Waals surface area contributed by atoms with E-state index in [4.69, 9.17) is 0 Å². The van der Waals surface area contributed by atoms with Crippen LogP contribution in [0.2, 0.25) is 0 Å². The topological polar surface area (TPSA) is 42.0 Å². The molecule has 1 aromatic heterocycles. The van der Waals surface area contributed by atoms with Gasteiger partial charge in [0.25, 0.3) is 5.91 Å². The predicted octanol–water partition coefficient (Wildman–Crippen LogP) is 2.70. The van der Waals surface area contributed by atoms with Gasteiger partial charge >= 0.3 is 0 Å². The van der Waals surface area contributed by atoms with Crippen molar-refractivity contribution in [2.45, 2.75) is 6.92 Å². The van der Waals surface area contributed by atoms with E-state index in [1.807, 2.05) is 31.2 Å². The Morgan fingerprint density at radius 1 is 1.47 bits per heavy atom. The third-order valence-electron chi connectivity index (χ3n) is 1.90. The van der Waals surface area contributed by atoms with Gasteiger partial charge in [0.15, 0.2) is 5.01 Å². The van der Waals surface area contributed by atoms with Crippen LogP contribution in [0.4, 0.5) is 5.69 Å². The molecule has 4 heteroatoms. The molecular formula is C11H10N2OS. The van der Waals surface area contributed by atoms with E-state index < -0.39 is 0 Å². The maximum absolute atomic E-state index is 11.6. The van der Waals surface area contributed by atoms with Gasteiger partial charge in [0, 0.05) is 17.3 Å². The van der Waals surface area contributed by atoms with Crippen LogP contribution >= 0.6 is 11.3 Å². The first-order valence-corrected chi connectivity index (χ1v) is 5.41. The van der Waals surface area contributed by atoms with E-state index >= 15 is 0 Å². The molecule has 1 amide bonds. The summed E-state index contributed by atoms with van der Waals surface area (Å²) in [5.41, 5.74) is 1.92. The molecule has 0 unspecified atom stereocenters. The lowest BCUT2D eigenvalue weighted by atomic mass is 10.2. The van der Waals surface area contributed by atoms with Gasteiger partial charge in [-0.15, -0.1) is 11.3 Å². The zero-order valence-corrected chi connectivity index (χ0v) is 9.04. The van der Waals surface area contributed by atoms with Crippen LogP contribution in [0.5, 0.6) is 0 Å². The van der Waals surface area contributed by atoms with E-state index in [-0.39, 0.29) is 5.91 Å². The monoisotopic (exact) mass is 218 g/mol. The number of aryl methyl sites for hydroxylation is 1. The SMILES string of the molecule is Cc1cccc(NC(=O)c2nccs2)c1. The van der Waals surface area contributed by atoms with Crippen molar-refractivity contribution in [3.8, 4) is 0 Å². The summed E-state index contributed by atoms with van der Waals surface area (Å²) in [6.45, 7) is 1.99. The van der Waals surface area contributed by atoms with Crippen LogP contribution in [-0.2, 0) is 0 Å². The zero-order valence-electron chi connectivity index (χ0n) is 8.23. The summed E-state index contributed by atoms with van der Waals surface area (Å²) in [5.74, 6) is -0.157. The van der Waals surface area contributed by atoms with Gasteiger partial charge in [-0.05, 0) is 24.6 Å². The fourth-order valence-corrected chi connectivity index (χ4v) is 1.77. The van der Waals surface area contributed by atoms with Gasteiger partial charge in [0.05, 0.1) is 0 Å². The smallest absolute Gasteiger partial charge is 0.284 e. The van der Waals surface area contributed by atoms with Gasteiger partial charge in [-0.2, -0.15) is 0 Å². The summed E-state index contributed by atoms with van der Waals surface area (Å²) in [6, 6.07) is 7.68. The van der Waals surface area contributed by atoms with E-state index in [1.165, 1.54) is 11.3 Å². The van der Waals surface area contributed by atoms with Crippen LogP contribution in [0, 0.1) is 6.92 Å². The molecule has 0 aliphatic rings. The van der Waals surface area contributed by atoms with Crippen molar-refractivity contribution < 1.29 is 4.79 Å². The Morgan fingerprint density at radius 2 is 2.33 bits per heavy atom. The molecule has 0 saturated heterocycles. The average molecular weight is 218 g/mol. The van der Waals surface area contributed by atoms with Crippen molar-refractivity contribution in [1.82, 2.24) is 4.98 Å². The van der Waals surface area contributed by atoms with E-state index in [1.54, 1.807) is 11.6 Å². The summed E-state index contributed by atoms with van der Waals surface area (Å²) >= 11 is 1.33. The number of hydrogen-bond acceptors (Lipinski definition) is 3. The largest absolute Gasteiger partial charge is 0.320 e. The van der Waals surface area contributed by atoms with E-state index in [2.05, 4.69) is 10.3 Å². The number of nitrogens with one attached hydrogen (secondary N) is 1. The second-order valence-electron chi connectivity index (χ2n) is 3.16. The molecular weight excluding hydrogens is 208 g/mol. The summed E-state index contributed by atoms with van der Waals surface area (Å²) in [4.78, 5) is 15.6. The number of anilines is 1. The van der Waals surface area contributed by atoms with Gasteiger partial charge in [-0.1, -0.05) is 12.1 Å². The molecule has 0 spiro atoms. The Morgan fingerprint density at radius 3 is 3.00 bits per heavy atom. The average Bonchev–Trinajstić information content (AvgIpc) is 2.70. The van der Waals surface area contributed by atoms with E-state index in [0.29, 0.717) is 5.01 Å².